The molecule has 2 rings (SSSR count). The van der Waals surface area contributed by atoms with Crippen LogP contribution in [0.15, 0.2) is 30.3 Å². The van der Waals surface area contributed by atoms with E-state index in [0.717, 1.165) is 32.6 Å². The number of benzene rings is 1. The molecule has 1 aromatic rings. The number of hydrogen-bond donors (Lipinski definition) is 1. The fourth-order valence-electron chi connectivity index (χ4n) is 2.72. The quantitative estimate of drug-likeness (QED) is 0.914. The van der Waals surface area contributed by atoms with Crippen LogP contribution in [0.3, 0.4) is 0 Å². The van der Waals surface area contributed by atoms with Crippen LogP contribution < -0.4 is 0 Å². The van der Waals surface area contributed by atoms with Crippen molar-refractivity contribution < 1.29 is 9.90 Å². The topological polar surface area (TPSA) is 43.8 Å². The summed E-state index contributed by atoms with van der Waals surface area (Å²) >= 11 is 0. The van der Waals surface area contributed by atoms with Crippen LogP contribution >= 0.6 is 0 Å². The molecule has 0 aromatic heterocycles. The number of carboxylic acids is 1. The zero-order chi connectivity index (χ0) is 14.5. The molecule has 4 heteroatoms. The molecule has 0 amide bonds. The molecule has 1 fully saturated rings. The van der Waals surface area contributed by atoms with Gasteiger partial charge in [-0.15, -0.1) is 0 Å². The van der Waals surface area contributed by atoms with Gasteiger partial charge in [-0.25, -0.2) is 0 Å². The third-order valence-corrected chi connectivity index (χ3v) is 4.27. The van der Waals surface area contributed by atoms with E-state index in [1.54, 1.807) is 6.92 Å². The number of carboxylic acid groups (broad SMARTS) is 1. The lowest BCUT2D eigenvalue weighted by Gasteiger charge is -2.26. The fourth-order valence-corrected chi connectivity index (χ4v) is 2.72. The maximum atomic E-state index is 11.1. The van der Waals surface area contributed by atoms with Crippen molar-refractivity contribution in [3.05, 3.63) is 35.9 Å². The molecule has 1 aromatic carbocycles. The van der Waals surface area contributed by atoms with Gasteiger partial charge in [-0.3, -0.25) is 14.6 Å². The second kappa shape index (κ2) is 6.86. The Balaban J connectivity index is 1.97. The molecule has 0 aliphatic carbocycles. The molecule has 0 spiro atoms. The Morgan fingerprint density at radius 2 is 2.00 bits per heavy atom. The monoisotopic (exact) mass is 276 g/mol. The first-order valence-electron chi connectivity index (χ1n) is 7.32. The molecule has 20 heavy (non-hydrogen) atoms. The number of nitrogens with zero attached hydrogens (tertiary/aromatic N) is 2. The number of carbonyl (C=O) groups is 1. The van der Waals surface area contributed by atoms with Crippen molar-refractivity contribution in [2.75, 3.05) is 19.6 Å². The predicted octanol–water partition coefficient (Wildman–Crippen LogP) is 2.06. The average Bonchev–Trinajstić information content (AvgIpc) is 2.62. The van der Waals surface area contributed by atoms with Crippen LogP contribution in [0.4, 0.5) is 0 Å². The van der Waals surface area contributed by atoms with Crippen molar-refractivity contribution in [1.82, 2.24) is 9.80 Å². The highest BCUT2D eigenvalue weighted by atomic mass is 16.4. The molecule has 1 aliphatic heterocycles. The Hall–Kier alpha value is -1.39. The molecule has 1 saturated heterocycles. The minimum atomic E-state index is -0.728. The number of aliphatic carboxylic acids is 1. The summed E-state index contributed by atoms with van der Waals surface area (Å²) in [5.74, 6) is -0.728. The van der Waals surface area contributed by atoms with E-state index in [4.69, 9.17) is 5.11 Å². The van der Waals surface area contributed by atoms with Gasteiger partial charge in [-0.1, -0.05) is 30.3 Å². The van der Waals surface area contributed by atoms with E-state index in [1.807, 2.05) is 6.07 Å². The molecular formula is C16H24N2O2. The third kappa shape index (κ3) is 3.81. The van der Waals surface area contributed by atoms with Gasteiger partial charge in [-0.05, 0) is 25.8 Å². The Morgan fingerprint density at radius 3 is 2.65 bits per heavy atom. The molecule has 4 nitrogen and oxygen atoms in total. The van der Waals surface area contributed by atoms with Gasteiger partial charge in [0.1, 0.15) is 6.04 Å². The molecule has 2 atom stereocenters. The largest absolute Gasteiger partial charge is 0.480 e. The Kier molecular flexibility index (Phi) is 5.15. The van der Waals surface area contributed by atoms with E-state index < -0.39 is 5.97 Å². The van der Waals surface area contributed by atoms with Crippen LogP contribution in [0.2, 0.25) is 0 Å². The molecule has 1 aliphatic rings. The molecule has 0 bridgehead atoms. The first-order valence-corrected chi connectivity index (χ1v) is 7.32. The highest BCUT2D eigenvalue weighted by Gasteiger charge is 2.26. The maximum absolute atomic E-state index is 11.1. The standard InChI is InChI=1S/C16H24N2O2/c1-13-8-9-17(14(2)16(19)20)10-11-18(13)12-15-6-4-3-5-7-15/h3-7,13-14H,8-12H2,1-2H3,(H,19,20)/t13-,14-/m1/s1. The summed E-state index contributed by atoms with van der Waals surface area (Å²) in [6.45, 7) is 7.56. The van der Waals surface area contributed by atoms with E-state index in [2.05, 4.69) is 41.0 Å². The van der Waals surface area contributed by atoms with Crippen molar-refractivity contribution in [2.24, 2.45) is 0 Å². The van der Waals surface area contributed by atoms with E-state index >= 15 is 0 Å². The van der Waals surface area contributed by atoms with Crippen LogP contribution in [0, 0.1) is 0 Å². The lowest BCUT2D eigenvalue weighted by atomic mass is 10.1. The average molecular weight is 276 g/mol. The summed E-state index contributed by atoms with van der Waals surface area (Å²) in [5, 5.41) is 9.14. The minimum absolute atomic E-state index is 0.390. The summed E-state index contributed by atoms with van der Waals surface area (Å²) in [7, 11) is 0. The second-order valence-corrected chi connectivity index (χ2v) is 5.64. The first kappa shape index (κ1) is 15.0. The van der Waals surface area contributed by atoms with Crippen LogP contribution in [0.5, 0.6) is 0 Å². The molecule has 110 valence electrons. The Bertz CT molecular complexity index is 435. The lowest BCUT2D eigenvalue weighted by Crippen LogP contribution is -2.41. The van der Waals surface area contributed by atoms with E-state index in [0.29, 0.717) is 6.04 Å². The van der Waals surface area contributed by atoms with Gasteiger partial charge < -0.3 is 5.11 Å². The number of hydrogen-bond acceptors (Lipinski definition) is 3. The van der Waals surface area contributed by atoms with Crippen molar-refractivity contribution in [1.29, 1.82) is 0 Å². The first-order chi connectivity index (χ1) is 9.58. The third-order valence-electron chi connectivity index (χ3n) is 4.27. The maximum Gasteiger partial charge on any atom is 0.320 e. The molecule has 0 radical (unpaired) electrons. The van der Waals surface area contributed by atoms with Gasteiger partial charge in [0, 0.05) is 32.2 Å². The lowest BCUT2D eigenvalue weighted by molar-refractivity contribution is -0.142. The van der Waals surface area contributed by atoms with Crippen molar-refractivity contribution in [3.63, 3.8) is 0 Å². The Labute approximate surface area is 121 Å². The zero-order valence-corrected chi connectivity index (χ0v) is 12.3. The summed E-state index contributed by atoms with van der Waals surface area (Å²) < 4.78 is 0. The van der Waals surface area contributed by atoms with Gasteiger partial charge in [0.2, 0.25) is 0 Å². The van der Waals surface area contributed by atoms with Crippen LogP contribution in [-0.4, -0.2) is 52.6 Å². The smallest absolute Gasteiger partial charge is 0.320 e. The predicted molar refractivity (Wildman–Crippen MR) is 79.6 cm³/mol. The Morgan fingerprint density at radius 1 is 1.30 bits per heavy atom. The minimum Gasteiger partial charge on any atom is -0.480 e. The fraction of sp³-hybridized carbons (Fsp3) is 0.562. The normalized spacial score (nSPS) is 23.2. The van der Waals surface area contributed by atoms with E-state index in [-0.39, 0.29) is 6.04 Å². The molecule has 0 saturated carbocycles. The molecular weight excluding hydrogens is 252 g/mol. The van der Waals surface area contributed by atoms with Gasteiger partial charge in [0.05, 0.1) is 0 Å². The molecule has 0 unspecified atom stereocenters. The van der Waals surface area contributed by atoms with Gasteiger partial charge in [0.25, 0.3) is 0 Å². The van der Waals surface area contributed by atoms with Crippen LogP contribution in [0.25, 0.3) is 0 Å². The van der Waals surface area contributed by atoms with Gasteiger partial charge in [0.15, 0.2) is 0 Å². The van der Waals surface area contributed by atoms with Crippen LogP contribution in [-0.2, 0) is 11.3 Å². The number of rotatable bonds is 4. The summed E-state index contributed by atoms with van der Waals surface area (Å²) in [6, 6.07) is 10.6. The van der Waals surface area contributed by atoms with Crippen molar-refractivity contribution in [3.8, 4) is 0 Å². The van der Waals surface area contributed by atoms with Gasteiger partial charge >= 0.3 is 5.97 Å². The summed E-state index contributed by atoms with van der Waals surface area (Å²) in [6.07, 6.45) is 1.02. The summed E-state index contributed by atoms with van der Waals surface area (Å²) in [4.78, 5) is 15.6. The van der Waals surface area contributed by atoms with Crippen molar-refractivity contribution >= 4 is 5.97 Å². The molecule has 1 heterocycles. The molecule has 1 N–H and O–H groups in total. The van der Waals surface area contributed by atoms with Crippen LogP contribution in [0.1, 0.15) is 25.8 Å². The zero-order valence-electron chi connectivity index (χ0n) is 12.3. The highest BCUT2D eigenvalue weighted by molar-refractivity contribution is 5.72. The van der Waals surface area contributed by atoms with E-state index in [9.17, 15) is 4.79 Å². The SMILES string of the molecule is C[C@@H]1CCN([C@H](C)C(=O)O)CCN1Cc1ccccc1. The van der Waals surface area contributed by atoms with Gasteiger partial charge in [-0.2, -0.15) is 0 Å². The highest BCUT2D eigenvalue weighted by Crippen LogP contribution is 2.16. The summed E-state index contributed by atoms with van der Waals surface area (Å²) in [5.41, 5.74) is 1.32. The van der Waals surface area contributed by atoms with E-state index in [1.165, 1.54) is 5.56 Å². The van der Waals surface area contributed by atoms with Crippen molar-refractivity contribution in [2.45, 2.75) is 38.9 Å². The second-order valence-electron chi connectivity index (χ2n) is 5.64.